The Hall–Kier alpha value is -2.68. The first-order valence-corrected chi connectivity index (χ1v) is 10.1. The second-order valence-corrected chi connectivity index (χ2v) is 7.97. The van der Waals surface area contributed by atoms with Crippen molar-refractivity contribution in [2.45, 2.75) is 52.1 Å². The van der Waals surface area contributed by atoms with Gasteiger partial charge in [0.25, 0.3) is 5.91 Å². The molecule has 2 N–H and O–H groups in total. The molecule has 1 aliphatic rings. The number of carboxylic acids is 1. The summed E-state index contributed by atoms with van der Waals surface area (Å²) in [4.78, 5) is 38.0. The van der Waals surface area contributed by atoms with Gasteiger partial charge in [-0.3, -0.25) is 9.48 Å². The van der Waals surface area contributed by atoms with Crippen molar-refractivity contribution in [1.29, 1.82) is 0 Å². The number of rotatable bonds is 6. The molecule has 1 amide bonds. The van der Waals surface area contributed by atoms with Gasteiger partial charge in [0, 0.05) is 18.1 Å². The van der Waals surface area contributed by atoms with Gasteiger partial charge in [-0.1, -0.05) is 6.92 Å². The number of fused-ring (bicyclic) bond motifs is 1. The van der Waals surface area contributed by atoms with Crippen LogP contribution in [0, 0.1) is 0 Å². The molecule has 28 heavy (non-hydrogen) atoms. The number of carboxylic acid groups (broad SMARTS) is 1. The zero-order valence-electron chi connectivity index (χ0n) is 16.1. The molecular formula is C19H23N3O5S. The third-order valence-electron chi connectivity index (χ3n) is 4.76. The number of nitrogens with zero attached hydrogens (tertiary/aromatic N) is 2. The fraction of sp³-hybridized carbons (Fsp3) is 0.474. The van der Waals surface area contributed by atoms with Crippen LogP contribution in [0.4, 0.5) is 5.00 Å². The quantitative estimate of drug-likeness (QED) is 0.714. The Morgan fingerprint density at radius 1 is 1.36 bits per heavy atom. The van der Waals surface area contributed by atoms with Gasteiger partial charge in [-0.15, -0.1) is 11.3 Å². The summed E-state index contributed by atoms with van der Waals surface area (Å²) in [5, 5.41) is 16.3. The number of hydrogen-bond donors (Lipinski definition) is 2. The Morgan fingerprint density at radius 3 is 2.75 bits per heavy atom. The molecule has 9 heteroatoms. The van der Waals surface area contributed by atoms with E-state index in [4.69, 9.17) is 4.74 Å². The van der Waals surface area contributed by atoms with E-state index in [1.807, 2.05) is 13.8 Å². The van der Waals surface area contributed by atoms with E-state index >= 15 is 0 Å². The fourth-order valence-corrected chi connectivity index (χ4v) is 4.44. The minimum absolute atomic E-state index is 0.190. The number of ether oxygens (including phenoxy) is 1. The molecule has 0 saturated carbocycles. The maximum atomic E-state index is 12.8. The average molecular weight is 405 g/mol. The van der Waals surface area contributed by atoms with Crippen LogP contribution in [0.3, 0.4) is 0 Å². The number of carbonyl (C=O) groups is 3. The van der Waals surface area contributed by atoms with Crippen LogP contribution in [-0.2, 0) is 24.6 Å². The lowest BCUT2D eigenvalue weighted by Gasteiger charge is -2.15. The van der Waals surface area contributed by atoms with E-state index in [1.165, 1.54) is 22.2 Å². The Balaban J connectivity index is 1.95. The van der Waals surface area contributed by atoms with E-state index in [2.05, 4.69) is 10.4 Å². The standard InChI is InChI=1S/C19H23N3O5S/c1-4-10(2)27-19(26)14-11-7-5-6-8-13(11)28-17(14)20-16(23)15-12(18(24)25)9-22(3)21-15/h9-10H,4-8H2,1-3H3,(H,20,23)(H,24,25). The van der Waals surface area contributed by atoms with E-state index < -0.39 is 17.8 Å². The number of anilines is 1. The van der Waals surface area contributed by atoms with E-state index in [0.717, 1.165) is 36.1 Å². The topological polar surface area (TPSA) is 111 Å². The number of aromatic carboxylic acids is 1. The largest absolute Gasteiger partial charge is 0.478 e. The van der Waals surface area contributed by atoms with Crippen LogP contribution in [-0.4, -0.2) is 38.8 Å². The highest BCUT2D eigenvalue weighted by atomic mass is 32.1. The summed E-state index contributed by atoms with van der Waals surface area (Å²) in [6, 6.07) is 0. The van der Waals surface area contributed by atoms with Gasteiger partial charge in [-0.2, -0.15) is 5.10 Å². The molecule has 0 fully saturated rings. The molecule has 0 bridgehead atoms. The molecule has 3 rings (SSSR count). The fourth-order valence-electron chi connectivity index (χ4n) is 3.17. The Labute approximate surface area is 166 Å². The molecule has 1 aliphatic carbocycles. The number of aromatic nitrogens is 2. The lowest BCUT2D eigenvalue weighted by atomic mass is 9.95. The molecule has 0 aliphatic heterocycles. The van der Waals surface area contributed by atoms with E-state index in [-0.39, 0.29) is 17.4 Å². The normalized spacial score (nSPS) is 14.2. The summed E-state index contributed by atoms with van der Waals surface area (Å²) in [5.41, 5.74) is 0.938. The van der Waals surface area contributed by atoms with Crippen molar-refractivity contribution < 1.29 is 24.2 Å². The van der Waals surface area contributed by atoms with E-state index in [9.17, 15) is 19.5 Å². The Morgan fingerprint density at radius 2 is 2.07 bits per heavy atom. The van der Waals surface area contributed by atoms with Crippen LogP contribution in [0.15, 0.2) is 6.20 Å². The van der Waals surface area contributed by atoms with Crippen molar-refractivity contribution in [3.05, 3.63) is 33.5 Å². The molecular weight excluding hydrogens is 382 g/mol. The third kappa shape index (κ3) is 3.94. The summed E-state index contributed by atoms with van der Waals surface area (Å²) in [7, 11) is 1.54. The summed E-state index contributed by atoms with van der Waals surface area (Å²) >= 11 is 1.35. The maximum absolute atomic E-state index is 12.8. The molecule has 0 spiro atoms. The third-order valence-corrected chi connectivity index (χ3v) is 5.97. The van der Waals surface area contributed by atoms with Gasteiger partial charge in [0.2, 0.25) is 0 Å². The monoisotopic (exact) mass is 405 g/mol. The van der Waals surface area contributed by atoms with Crippen molar-refractivity contribution in [2.24, 2.45) is 7.05 Å². The van der Waals surface area contributed by atoms with Gasteiger partial charge in [-0.25, -0.2) is 9.59 Å². The second-order valence-electron chi connectivity index (χ2n) is 6.86. The molecule has 2 aromatic heterocycles. The lowest BCUT2D eigenvalue weighted by molar-refractivity contribution is 0.0334. The van der Waals surface area contributed by atoms with Crippen molar-refractivity contribution in [2.75, 3.05) is 5.32 Å². The Bertz CT molecular complexity index is 930. The molecule has 1 atom stereocenters. The van der Waals surface area contributed by atoms with Crippen LogP contribution in [0.1, 0.15) is 74.8 Å². The van der Waals surface area contributed by atoms with E-state index in [1.54, 1.807) is 7.05 Å². The minimum atomic E-state index is -1.24. The van der Waals surface area contributed by atoms with Crippen molar-refractivity contribution >= 4 is 34.2 Å². The summed E-state index contributed by atoms with van der Waals surface area (Å²) in [6.45, 7) is 3.75. The first-order chi connectivity index (χ1) is 13.3. The number of carbonyl (C=O) groups excluding carboxylic acids is 2. The minimum Gasteiger partial charge on any atom is -0.478 e. The van der Waals surface area contributed by atoms with Gasteiger partial charge in [-0.05, 0) is 44.6 Å². The summed E-state index contributed by atoms with van der Waals surface area (Å²) in [6.07, 6.45) is 5.35. The van der Waals surface area contributed by atoms with Crippen LogP contribution in [0.25, 0.3) is 0 Å². The van der Waals surface area contributed by atoms with E-state index in [0.29, 0.717) is 17.0 Å². The predicted octanol–water partition coefficient (Wildman–Crippen LogP) is 3.27. The number of thiophene rings is 1. The zero-order valence-corrected chi connectivity index (χ0v) is 16.9. The molecule has 8 nitrogen and oxygen atoms in total. The highest BCUT2D eigenvalue weighted by molar-refractivity contribution is 7.17. The molecule has 150 valence electrons. The number of amides is 1. The molecule has 1 unspecified atom stereocenters. The van der Waals surface area contributed by atoms with Crippen LogP contribution >= 0.6 is 11.3 Å². The highest BCUT2D eigenvalue weighted by Crippen LogP contribution is 2.39. The van der Waals surface area contributed by atoms with Crippen LogP contribution in [0.2, 0.25) is 0 Å². The number of esters is 1. The first-order valence-electron chi connectivity index (χ1n) is 9.25. The second kappa shape index (κ2) is 8.14. The molecule has 2 heterocycles. The molecule has 0 aromatic carbocycles. The smallest absolute Gasteiger partial charge is 0.341 e. The van der Waals surface area contributed by atoms with Gasteiger partial charge < -0.3 is 15.2 Å². The Kier molecular flexibility index (Phi) is 5.83. The molecule has 2 aromatic rings. The zero-order chi connectivity index (χ0) is 20.4. The highest BCUT2D eigenvalue weighted by Gasteiger charge is 2.29. The van der Waals surface area contributed by atoms with Crippen LogP contribution < -0.4 is 5.32 Å². The van der Waals surface area contributed by atoms with Crippen molar-refractivity contribution in [3.63, 3.8) is 0 Å². The molecule has 0 radical (unpaired) electrons. The van der Waals surface area contributed by atoms with Gasteiger partial charge in [0.1, 0.15) is 10.6 Å². The predicted molar refractivity (Wildman–Crippen MR) is 104 cm³/mol. The van der Waals surface area contributed by atoms with Crippen LogP contribution in [0.5, 0.6) is 0 Å². The maximum Gasteiger partial charge on any atom is 0.341 e. The van der Waals surface area contributed by atoms with Crippen molar-refractivity contribution in [3.8, 4) is 0 Å². The van der Waals surface area contributed by atoms with Crippen molar-refractivity contribution in [1.82, 2.24) is 9.78 Å². The summed E-state index contributed by atoms with van der Waals surface area (Å²) in [5.74, 6) is -2.35. The summed E-state index contributed by atoms with van der Waals surface area (Å²) < 4.78 is 6.78. The average Bonchev–Trinajstić information content (AvgIpc) is 3.21. The number of nitrogens with one attached hydrogen (secondary N) is 1. The molecule has 0 saturated heterocycles. The lowest BCUT2D eigenvalue weighted by Crippen LogP contribution is -2.20. The van der Waals surface area contributed by atoms with Gasteiger partial charge >= 0.3 is 11.9 Å². The number of aryl methyl sites for hydroxylation is 2. The number of hydrogen-bond acceptors (Lipinski definition) is 6. The first kappa shape index (κ1) is 20.1. The SMILES string of the molecule is CCC(C)OC(=O)c1c(NC(=O)c2nn(C)cc2C(=O)O)sc2c1CCCC2. The van der Waals surface area contributed by atoms with Gasteiger partial charge in [0.15, 0.2) is 5.69 Å². The van der Waals surface area contributed by atoms with Gasteiger partial charge in [0.05, 0.1) is 11.7 Å².